The van der Waals surface area contributed by atoms with Crippen LogP contribution in [-0.2, 0) is 14.3 Å². The number of nitrogens with zero attached hydrogens (tertiary/aromatic N) is 5. The van der Waals surface area contributed by atoms with Gasteiger partial charge >= 0.3 is 18.0 Å². The van der Waals surface area contributed by atoms with E-state index in [1.54, 1.807) is 31.0 Å². The number of carboxylic acids is 1. The zero-order valence-corrected chi connectivity index (χ0v) is 26.1. The van der Waals surface area contributed by atoms with E-state index in [0.29, 0.717) is 64.9 Å². The lowest BCUT2D eigenvalue weighted by atomic mass is 9.92. The van der Waals surface area contributed by atoms with Crippen molar-refractivity contribution in [3.63, 3.8) is 0 Å². The van der Waals surface area contributed by atoms with Crippen molar-refractivity contribution >= 4 is 51.1 Å². The molecule has 232 valence electrons. The Morgan fingerprint density at radius 2 is 2.05 bits per heavy atom. The molecule has 43 heavy (non-hydrogen) atoms. The monoisotopic (exact) mass is 678 g/mol. The molecule has 0 spiro atoms. The van der Waals surface area contributed by atoms with Gasteiger partial charge in [0.15, 0.2) is 10.8 Å². The molecule has 3 aliphatic heterocycles. The van der Waals surface area contributed by atoms with E-state index in [4.69, 9.17) is 9.73 Å². The number of piperazine rings is 1. The summed E-state index contributed by atoms with van der Waals surface area (Å²) < 4.78 is 19.7. The molecule has 0 saturated carbocycles. The first-order chi connectivity index (χ1) is 19.8. The molecule has 1 aromatic carbocycles. The Morgan fingerprint density at radius 3 is 2.67 bits per heavy atom. The quantitative estimate of drug-likeness (QED) is 0.399. The van der Waals surface area contributed by atoms with Gasteiger partial charge in [0.2, 0.25) is 0 Å². The molecule has 5 rings (SSSR count). The summed E-state index contributed by atoms with van der Waals surface area (Å²) in [6.07, 6.45) is 1.67. The third kappa shape index (κ3) is 6.31. The predicted octanol–water partition coefficient (Wildman–Crippen LogP) is 4.12. The molecule has 11 nitrogen and oxygen atoms in total. The highest BCUT2D eigenvalue weighted by molar-refractivity contribution is 9.10. The molecule has 0 radical (unpaired) electrons. The van der Waals surface area contributed by atoms with Crippen molar-refractivity contribution in [2.45, 2.75) is 39.8 Å². The van der Waals surface area contributed by atoms with E-state index in [9.17, 15) is 23.9 Å². The number of carbonyl (C=O) groups excluding carboxylic acids is 2. The molecule has 14 heteroatoms. The van der Waals surface area contributed by atoms with Crippen LogP contribution in [0.3, 0.4) is 0 Å². The van der Waals surface area contributed by atoms with Crippen molar-refractivity contribution in [2.24, 2.45) is 10.4 Å². The molecule has 1 aromatic heterocycles. The number of aliphatic carboxylic acids is 1. The molecule has 2 aromatic rings. The highest BCUT2D eigenvalue weighted by atomic mass is 79.9. The Bertz CT molecular complexity index is 1480. The van der Waals surface area contributed by atoms with E-state index in [1.807, 2.05) is 17.2 Å². The minimum absolute atomic E-state index is 0. The number of amides is 2. The van der Waals surface area contributed by atoms with Gasteiger partial charge in [0.25, 0.3) is 0 Å². The number of aliphatic imine (C=N–C) groups is 1. The average Bonchev–Trinajstić information content (AvgIpc) is 3.54. The Labute approximate surface area is 262 Å². The maximum absolute atomic E-state index is 14.0. The van der Waals surface area contributed by atoms with E-state index in [1.165, 1.54) is 30.6 Å². The summed E-state index contributed by atoms with van der Waals surface area (Å²) in [5.74, 6) is -1.47. The van der Waals surface area contributed by atoms with Crippen LogP contribution in [0.2, 0.25) is 0 Å². The fraction of sp³-hybridized carbons (Fsp3) is 0.483. The molecule has 0 bridgehead atoms. The standard InChI is InChI=1S/C28H32BrFN6O5S.CH4/c1-27(2,25(38)39)13-35-15-28(3)14-34(8-9-36(28)26(35)40)12-19-20(24(37)41-4)21(17-6-5-16(30)11-18(17)29)33-22(32-19)23-31-7-10-42-23;/h5-7,10-11,21H,8-9,12-15H2,1-4H3,(H,32,33)(H,38,39);1H4/t21-,28-;/m0./s1. The minimum Gasteiger partial charge on any atom is -0.481 e. The van der Waals surface area contributed by atoms with Crippen LogP contribution in [-0.4, -0.2) is 101 Å². The van der Waals surface area contributed by atoms with Gasteiger partial charge in [-0.25, -0.2) is 19.0 Å². The number of fused-ring (bicyclic) bond motifs is 1. The molecule has 0 unspecified atom stereocenters. The number of esters is 1. The first-order valence-electron chi connectivity index (χ1n) is 13.4. The summed E-state index contributed by atoms with van der Waals surface area (Å²) in [6, 6.07) is 3.29. The molecule has 2 atom stereocenters. The first kappa shape index (κ1) is 32.6. The largest absolute Gasteiger partial charge is 0.481 e. The number of amidine groups is 1. The van der Waals surface area contributed by atoms with E-state index in [-0.39, 0.29) is 20.0 Å². The zero-order valence-electron chi connectivity index (χ0n) is 23.7. The third-order valence-corrected chi connectivity index (χ3v) is 9.33. The van der Waals surface area contributed by atoms with Crippen molar-refractivity contribution in [3.8, 4) is 0 Å². The number of urea groups is 1. The second kappa shape index (κ2) is 12.3. The van der Waals surface area contributed by atoms with E-state index < -0.39 is 34.8 Å². The molecule has 3 aliphatic rings. The van der Waals surface area contributed by atoms with Crippen molar-refractivity contribution in [2.75, 3.05) is 46.4 Å². The van der Waals surface area contributed by atoms with Crippen LogP contribution in [0.25, 0.3) is 0 Å². The number of nitrogens with one attached hydrogen (secondary N) is 1. The Hall–Kier alpha value is -3.36. The van der Waals surface area contributed by atoms with Crippen molar-refractivity contribution in [1.29, 1.82) is 0 Å². The molecule has 4 heterocycles. The lowest BCUT2D eigenvalue weighted by Crippen LogP contribution is -2.60. The topological polar surface area (TPSA) is 128 Å². The molecular weight excluding hydrogens is 643 g/mol. The molecule has 2 saturated heterocycles. The number of hydrogen-bond donors (Lipinski definition) is 2. The maximum Gasteiger partial charge on any atom is 0.338 e. The second-order valence-corrected chi connectivity index (χ2v) is 13.3. The van der Waals surface area contributed by atoms with Crippen molar-refractivity contribution < 1.29 is 28.6 Å². The van der Waals surface area contributed by atoms with Gasteiger partial charge in [0.1, 0.15) is 11.9 Å². The Morgan fingerprint density at radius 1 is 1.30 bits per heavy atom. The van der Waals surface area contributed by atoms with Crippen molar-refractivity contribution in [3.05, 3.63) is 61.9 Å². The summed E-state index contributed by atoms with van der Waals surface area (Å²) in [7, 11) is 1.31. The van der Waals surface area contributed by atoms with Crippen LogP contribution in [0.5, 0.6) is 0 Å². The summed E-state index contributed by atoms with van der Waals surface area (Å²) in [5, 5.41) is 15.4. The summed E-state index contributed by atoms with van der Waals surface area (Å²) in [6.45, 7) is 7.51. The fourth-order valence-corrected chi connectivity index (χ4v) is 6.92. The number of carbonyl (C=O) groups is 3. The second-order valence-electron chi connectivity index (χ2n) is 11.6. The number of aromatic nitrogens is 1. The van der Waals surface area contributed by atoms with Gasteiger partial charge in [0.05, 0.1) is 23.6 Å². The van der Waals surface area contributed by atoms with Crippen LogP contribution in [0.15, 0.2) is 50.5 Å². The zero-order chi connectivity index (χ0) is 30.4. The smallest absolute Gasteiger partial charge is 0.338 e. The van der Waals surface area contributed by atoms with Gasteiger partial charge in [-0.1, -0.05) is 29.4 Å². The van der Waals surface area contributed by atoms with Crippen molar-refractivity contribution in [1.82, 2.24) is 25.0 Å². The summed E-state index contributed by atoms with van der Waals surface area (Å²) >= 11 is 4.84. The van der Waals surface area contributed by atoms with Gasteiger partial charge < -0.3 is 25.0 Å². The van der Waals surface area contributed by atoms with Gasteiger partial charge in [-0.2, -0.15) is 0 Å². The number of methoxy groups -OCH3 is 1. The van der Waals surface area contributed by atoms with Gasteiger partial charge in [-0.15, -0.1) is 11.3 Å². The van der Waals surface area contributed by atoms with Crippen LogP contribution < -0.4 is 5.32 Å². The van der Waals surface area contributed by atoms with E-state index >= 15 is 0 Å². The number of halogens is 2. The SMILES string of the molecule is C.COC(=O)C1=C(CN2CCN3C(=O)N(CC(C)(C)C(=O)O)C[C@]3(C)C2)NC(c2nccs2)=N[C@H]1c1ccc(F)cc1Br. The Kier molecular flexibility index (Phi) is 9.33. The van der Waals surface area contributed by atoms with Gasteiger partial charge in [-0.05, 0) is 38.5 Å². The summed E-state index contributed by atoms with van der Waals surface area (Å²) in [4.78, 5) is 53.1. The number of benzene rings is 1. The highest BCUT2D eigenvalue weighted by Crippen LogP contribution is 2.38. The lowest BCUT2D eigenvalue weighted by molar-refractivity contribution is -0.147. The fourth-order valence-electron chi connectivity index (χ4n) is 5.76. The third-order valence-electron chi connectivity index (χ3n) is 7.86. The van der Waals surface area contributed by atoms with Crippen LogP contribution in [0.4, 0.5) is 9.18 Å². The van der Waals surface area contributed by atoms with E-state index in [2.05, 4.69) is 31.1 Å². The number of rotatable bonds is 8. The molecule has 0 aliphatic carbocycles. The van der Waals surface area contributed by atoms with Gasteiger partial charge in [-0.3, -0.25) is 14.7 Å². The molecular formula is C29H36BrFN6O5S. The number of hydrogen-bond acceptors (Lipinski definition) is 9. The lowest BCUT2D eigenvalue weighted by Gasteiger charge is -2.44. The molecule has 2 fully saturated rings. The highest BCUT2D eigenvalue weighted by Gasteiger charge is 2.51. The summed E-state index contributed by atoms with van der Waals surface area (Å²) in [5.41, 5.74) is -0.170. The number of ether oxygens (including phenoxy) is 1. The van der Waals surface area contributed by atoms with Crippen LogP contribution >= 0.6 is 27.3 Å². The first-order valence-corrected chi connectivity index (χ1v) is 15.0. The number of carboxylic acid groups (broad SMARTS) is 1. The molecule has 2 amide bonds. The molecule has 2 N–H and O–H groups in total. The Balaban J connectivity index is 0.00000423. The predicted molar refractivity (Wildman–Crippen MR) is 164 cm³/mol. The van der Waals surface area contributed by atoms with Crippen LogP contribution in [0.1, 0.15) is 44.8 Å². The normalized spacial score (nSPS) is 22.5. The number of thiazole rings is 1. The van der Waals surface area contributed by atoms with Gasteiger partial charge in [0, 0.05) is 61.0 Å². The average molecular weight is 680 g/mol. The minimum atomic E-state index is -1.08. The van der Waals surface area contributed by atoms with Crippen LogP contribution in [0, 0.1) is 11.2 Å². The maximum atomic E-state index is 14.0. The van der Waals surface area contributed by atoms with E-state index in [0.717, 1.165) is 0 Å².